The van der Waals surface area contributed by atoms with Gasteiger partial charge < -0.3 is 25.3 Å². The molecule has 5 N–H and O–H groups in total. The number of carboxylic acids is 1. The first-order valence-corrected chi connectivity index (χ1v) is 14.6. The molecular weight excluding hydrogens is 572 g/mol. The molecule has 1 atom stereocenters. The van der Waals surface area contributed by atoms with Crippen molar-refractivity contribution in [1.82, 2.24) is 24.6 Å². The Morgan fingerprint density at radius 1 is 1.00 bits per heavy atom. The van der Waals surface area contributed by atoms with Crippen LogP contribution in [0.1, 0.15) is 15.9 Å². The first-order valence-electron chi connectivity index (χ1n) is 13.2. The highest BCUT2D eigenvalue weighted by atomic mass is 32.2. The molecule has 0 aliphatic heterocycles. The monoisotopic (exact) mass is 600 g/mol. The van der Waals surface area contributed by atoms with Crippen LogP contribution in [-0.2, 0) is 21.4 Å². The summed E-state index contributed by atoms with van der Waals surface area (Å²) in [6.45, 7) is -0.0804. The van der Waals surface area contributed by atoms with Crippen molar-refractivity contribution in [2.45, 2.75) is 17.5 Å². The van der Waals surface area contributed by atoms with Crippen LogP contribution in [-0.4, -0.2) is 64.9 Å². The number of aromatic amines is 2. The van der Waals surface area contributed by atoms with Gasteiger partial charge in [0.15, 0.2) is 5.95 Å². The third-order valence-corrected chi connectivity index (χ3v) is 8.29. The van der Waals surface area contributed by atoms with E-state index in [1.54, 1.807) is 42.7 Å². The summed E-state index contributed by atoms with van der Waals surface area (Å²) in [4.78, 5) is 49.2. The zero-order valence-electron chi connectivity index (χ0n) is 22.9. The maximum atomic E-state index is 13.2. The second kappa shape index (κ2) is 12.3. The number of hydrogen-bond acceptors (Lipinski definition) is 7. The molecule has 0 saturated carbocycles. The predicted molar refractivity (Wildman–Crippen MR) is 161 cm³/mol. The molecule has 0 saturated heterocycles. The van der Waals surface area contributed by atoms with Crippen LogP contribution in [0.15, 0.2) is 101 Å². The number of pyridine rings is 1. The van der Waals surface area contributed by atoms with Gasteiger partial charge in [-0.3, -0.25) is 14.4 Å². The van der Waals surface area contributed by atoms with E-state index in [0.29, 0.717) is 18.0 Å². The second-order valence-electron chi connectivity index (χ2n) is 9.79. The Hall–Kier alpha value is -5.27. The summed E-state index contributed by atoms with van der Waals surface area (Å²) >= 11 is 0. The van der Waals surface area contributed by atoms with Crippen molar-refractivity contribution in [2.75, 3.05) is 18.9 Å². The fraction of sp³-hybridized carbons (Fsp3) is 0.133. The molecule has 220 valence electrons. The van der Waals surface area contributed by atoms with Crippen molar-refractivity contribution in [1.29, 1.82) is 0 Å². The van der Waals surface area contributed by atoms with Crippen molar-refractivity contribution in [3.05, 3.63) is 113 Å². The number of imidazole rings is 1. The maximum absolute atomic E-state index is 13.2. The van der Waals surface area contributed by atoms with Gasteiger partial charge in [-0.25, -0.2) is 13.4 Å². The smallest absolute Gasteiger partial charge is 0.323 e. The molecule has 1 amide bonds. The third-order valence-electron chi connectivity index (χ3n) is 6.80. The number of carbonyl (C=O) groups is 2. The molecule has 1 unspecified atom stereocenters. The van der Waals surface area contributed by atoms with E-state index in [1.165, 1.54) is 25.4 Å². The minimum Gasteiger partial charge on any atom is -0.480 e. The lowest BCUT2D eigenvalue weighted by atomic mass is 10.1. The predicted octanol–water partition coefficient (Wildman–Crippen LogP) is 3.03. The Labute approximate surface area is 246 Å². The van der Waals surface area contributed by atoms with Gasteiger partial charge in [-0.15, -0.1) is 0 Å². The summed E-state index contributed by atoms with van der Waals surface area (Å²) in [5.41, 5.74) is 2.32. The molecule has 0 spiro atoms. The van der Waals surface area contributed by atoms with Crippen LogP contribution in [0.3, 0.4) is 0 Å². The second-order valence-corrected chi connectivity index (χ2v) is 11.5. The van der Waals surface area contributed by atoms with Gasteiger partial charge in [0.1, 0.15) is 11.6 Å². The minimum absolute atomic E-state index is 0.128. The molecule has 5 rings (SSSR count). The summed E-state index contributed by atoms with van der Waals surface area (Å²) in [6, 6.07) is 18.8. The van der Waals surface area contributed by atoms with Crippen LogP contribution < -0.4 is 15.5 Å². The van der Waals surface area contributed by atoms with E-state index in [9.17, 15) is 27.9 Å². The number of sulfonamides is 1. The number of benzene rings is 3. The molecular formula is C30H28N6O6S. The number of nitrogens with zero attached hydrogens (tertiary/aromatic N) is 2. The number of rotatable bonds is 11. The number of nitrogens with one attached hydrogen (secondary N) is 4. The fourth-order valence-corrected chi connectivity index (χ4v) is 5.71. The van der Waals surface area contributed by atoms with E-state index in [1.807, 2.05) is 30.3 Å². The van der Waals surface area contributed by atoms with E-state index in [0.717, 1.165) is 21.6 Å². The van der Waals surface area contributed by atoms with E-state index in [4.69, 9.17) is 0 Å². The third kappa shape index (κ3) is 6.63. The largest absolute Gasteiger partial charge is 0.480 e. The number of carbonyl (C=O) groups excluding carboxylic acids is 1. The Morgan fingerprint density at radius 3 is 2.40 bits per heavy atom. The van der Waals surface area contributed by atoms with Gasteiger partial charge in [0, 0.05) is 49.6 Å². The molecule has 0 fully saturated rings. The van der Waals surface area contributed by atoms with Crippen molar-refractivity contribution in [3.63, 3.8) is 0 Å². The lowest BCUT2D eigenvalue weighted by Gasteiger charge is -2.22. The molecule has 0 bridgehead atoms. The lowest BCUT2D eigenvalue weighted by molar-refractivity contribution is -0.139. The minimum atomic E-state index is -4.25. The summed E-state index contributed by atoms with van der Waals surface area (Å²) in [5.74, 6) is -1.64. The highest BCUT2D eigenvalue weighted by Gasteiger charge is 2.29. The first kappa shape index (κ1) is 29.2. The number of anilines is 1. The van der Waals surface area contributed by atoms with E-state index < -0.39 is 39.9 Å². The SMILES string of the molecule is CN(CC(NS(=O)(=O)c1ccc(-c2ccccc2)cc1)C(=O)O)C(=O)c1c[nH]c2cc(CNc3ncc[nH]3)ccc2c1=O. The molecule has 2 aromatic heterocycles. The molecule has 5 aromatic rings. The van der Waals surface area contributed by atoms with Crippen LogP contribution in [0.5, 0.6) is 0 Å². The van der Waals surface area contributed by atoms with E-state index in [-0.39, 0.29) is 15.8 Å². The van der Waals surface area contributed by atoms with Crippen LogP contribution in [0.4, 0.5) is 5.95 Å². The van der Waals surface area contributed by atoms with Crippen LogP contribution in [0.2, 0.25) is 0 Å². The normalized spacial score (nSPS) is 12.1. The van der Waals surface area contributed by atoms with Crippen LogP contribution in [0.25, 0.3) is 22.0 Å². The number of fused-ring (bicyclic) bond motifs is 1. The number of hydrogen-bond donors (Lipinski definition) is 5. The quantitative estimate of drug-likeness (QED) is 0.154. The summed E-state index contributed by atoms with van der Waals surface area (Å²) < 4.78 is 28.2. The molecule has 12 nitrogen and oxygen atoms in total. The van der Waals surface area contributed by atoms with Crippen molar-refractivity contribution < 1.29 is 23.1 Å². The zero-order valence-corrected chi connectivity index (χ0v) is 23.8. The Bertz CT molecular complexity index is 1920. The van der Waals surface area contributed by atoms with Crippen molar-refractivity contribution in [3.8, 4) is 11.1 Å². The fourth-order valence-electron chi connectivity index (χ4n) is 4.53. The number of amides is 1. The average molecular weight is 601 g/mol. The number of carboxylic acid groups (broad SMARTS) is 1. The molecule has 0 aliphatic rings. The van der Waals surface area contributed by atoms with Crippen molar-refractivity contribution >= 4 is 38.8 Å². The van der Waals surface area contributed by atoms with Crippen LogP contribution >= 0.6 is 0 Å². The molecule has 3 aromatic carbocycles. The van der Waals surface area contributed by atoms with Gasteiger partial charge in [0.2, 0.25) is 15.5 Å². The zero-order chi connectivity index (χ0) is 30.6. The lowest BCUT2D eigenvalue weighted by Crippen LogP contribution is -2.49. The molecule has 0 radical (unpaired) electrons. The standard InChI is InChI=1S/C30H28N6O6S/c1-36(18-26(29(39)40)35-43(41,42)22-10-8-21(9-11-22)20-5-3-2-4-6-20)28(38)24-17-33-25-15-19(7-12-23(25)27(24)37)16-34-30-31-13-14-32-30/h2-15,17,26,35H,16,18H2,1H3,(H,33,37)(H,39,40)(H2,31,32,34). The van der Waals surface area contributed by atoms with E-state index in [2.05, 4.69) is 25.0 Å². The topological polar surface area (TPSA) is 177 Å². The average Bonchev–Trinajstić information content (AvgIpc) is 3.54. The summed E-state index contributed by atoms with van der Waals surface area (Å²) in [6.07, 6.45) is 4.57. The maximum Gasteiger partial charge on any atom is 0.323 e. The highest BCUT2D eigenvalue weighted by Crippen LogP contribution is 2.21. The van der Waals surface area contributed by atoms with Gasteiger partial charge in [0.25, 0.3) is 5.91 Å². The van der Waals surface area contributed by atoms with Gasteiger partial charge >= 0.3 is 5.97 Å². The molecule has 13 heteroatoms. The molecule has 43 heavy (non-hydrogen) atoms. The number of likely N-dealkylation sites (N-methyl/N-ethyl adjacent to an activating group) is 1. The highest BCUT2D eigenvalue weighted by molar-refractivity contribution is 7.89. The Kier molecular flexibility index (Phi) is 8.36. The summed E-state index contributed by atoms with van der Waals surface area (Å²) in [7, 11) is -2.95. The Morgan fingerprint density at radius 2 is 1.72 bits per heavy atom. The number of H-pyrrole nitrogens is 2. The van der Waals surface area contributed by atoms with Crippen molar-refractivity contribution in [2.24, 2.45) is 0 Å². The number of aromatic nitrogens is 3. The van der Waals surface area contributed by atoms with E-state index >= 15 is 0 Å². The Balaban J connectivity index is 1.28. The molecule has 2 heterocycles. The van der Waals surface area contributed by atoms with Crippen LogP contribution in [0, 0.1) is 0 Å². The van der Waals surface area contributed by atoms with Gasteiger partial charge in [-0.05, 0) is 41.0 Å². The first-order chi connectivity index (χ1) is 20.6. The number of aliphatic carboxylic acids is 1. The van der Waals surface area contributed by atoms with Gasteiger partial charge in [0.05, 0.1) is 4.90 Å². The molecule has 0 aliphatic carbocycles. The van der Waals surface area contributed by atoms with Gasteiger partial charge in [-0.2, -0.15) is 4.72 Å². The summed E-state index contributed by atoms with van der Waals surface area (Å²) in [5, 5.41) is 13.1. The van der Waals surface area contributed by atoms with Gasteiger partial charge in [-0.1, -0.05) is 48.5 Å².